The Labute approximate surface area is 188 Å². The first-order valence-electron chi connectivity index (χ1n) is 11.6. The number of alkyl carbamates (subject to hydrolysis) is 1. The van der Waals surface area contributed by atoms with E-state index in [4.69, 9.17) is 4.74 Å². The maximum Gasteiger partial charge on any atom is 0.407 e. The molecule has 0 aromatic rings. The number of carbonyl (C=O) groups excluding carboxylic acids is 3. The zero-order valence-corrected chi connectivity index (χ0v) is 20.6. The molecular formula is C23H44N4O4. The van der Waals surface area contributed by atoms with E-state index in [1.807, 2.05) is 4.90 Å². The predicted molar refractivity (Wildman–Crippen MR) is 123 cm³/mol. The van der Waals surface area contributed by atoms with Crippen LogP contribution in [0, 0.1) is 17.8 Å². The first-order valence-corrected chi connectivity index (χ1v) is 11.6. The summed E-state index contributed by atoms with van der Waals surface area (Å²) in [6.07, 6.45) is 1.23. The third-order valence-corrected chi connectivity index (χ3v) is 4.85. The van der Waals surface area contributed by atoms with Crippen LogP contribution in [0.5, 0.6) is 0 Å². The zero-order chi connectivity index (χ0) is 23.6. The topological polar surface area (TPSA) is 91.0 Å². The molecule has 3 amide bonds. The largest absolute Gasteiger partial charge is 0.444 e. The molecule has 1 saturated heterocycles. The van der Waals surface area contributed by atoms with E-state index >= 15 is 0 Å². The summed E-state index contributed by atoms with van der Waals surface area (Å²) in [5.74, 6) is 0.842. The number of rotatable bonds is 10. The molecule has 1 rings (SSSR count). The van der Waals surface area contributed by atoms with Gasteiger partial charge in [0.15, 0.2) is 0 Å². The van der Waals surface area contributed by atoms with E-state index < -0.39 is 11.7 Å². The van der Waals surface area contributed by atoms with Gasteiger partial charge in [0.25, 0.3) is 0 Å². The lowest BCUT2D eigenvalue weighted by molar-refractivity contribution is -0.135. The van der Waals surface area contributed by atoms with E-state index in [9.17, 15) is 14.4 Å². The van der Waals surface area contributed by atoms with E-state index in [-0.39, 0.29) is 17.7 Å². The summed E-state index contributed by atoms with van der Waals surface area (Å²) >= 11 is 0. The standard InChI is InChI=1S/C23H44N4O4/c1-17(2)13-27(14-18(3)4)20(28)16-26-12-8-9-19(15-26)21(29)24-10-11-25-22(30)31-23(5,6)7/h17-19H,8-16H2,1-7H3,(H,24,29)(H,25,30). The van der Waals surface area contributed by atoms with E-state index in [0.717, 1.165) is 32.5 Å². The average molecular weight is 441 g/mol. The lowest BCUT2D eigenvalue weighted by Gasteiger charge is -2.34. The molecule has 0 aromatic carbocycles. The Bertz CT molecular complexity index is 577. The van der Waals surface area contributed by atoms with Gasteiger partial charge in [0, 0.05) is 32.7 Å². The predicted octanol–water partition coefficient (Wildman–Crippen LogP) is 2.48. The molecule has 0 aliphatic carbocycles. The SMILES string of the molecule is CC(C)CN(CC(C)C)C(=O)CN1CCCC(C(=O)NCCNC(=O)OC(C)(C)C)C1. The summed E-state index contributed by atoms with van der Waals surface area (Å²) < 4.78 is 5.17. The number of piperidine rings is 1. The Morgan fingerprint density at radius 2 is 1.61 bits per heavy atom. The van der Waals surface area contributed by atoms with Gasteiger partial charge in [-0.3, -0.25) is 14.5 Å². The van der Waals surface area contributed by atoms with Crippen LogP contribution >= 0.6 is 0 Å². The number of likely N-dealkylation sites (tertiary alicyclic amines) is 1. The second-order valence-electron chi connectivity index (χ2n) is 10.4. The maximum absolute atomic E-state index is 12.9. The molecule has 1 heterocycles. The van der Waals surface area contributed by atoms with Crippen molar-refractivity contribution in [3.8, 4) is 0 Å². The molecule has 31 heavy (non-hydrogen) atoms. The third kappa shape index (κ3) is 12.0. The molecule has 0 bridgehead atoms. The van der Waals surface area contributed by atoms with Crippen LogP contribution in [0.25, 0.3) is 0 Å². The zero-order valence-electron chi connectivity index (χ0n) is 20.6. The fourth-order valence-corrected chi connectivity index (χ4v) is 3.67. The quantitative estimate of drug-likeness (QED) is 0.509. The Hall–Kier alpha value is -1.83. The van der Waals surface area contributed by atoms with Gasteiger partial charge in [-0.25, -0.2) is 4.79 Å². The molecule has 2 N–H and O–H groups in total. The molecule has 8 heteroatoms. The summed E-state index contributed by atoms with van der Waals surface area (Å²) in [6, 6.07) is 0. The van der Waals surface area contributed by atoms with Gasteiger partial charge in [0.2, 0.25) is 11.8 Å². The minimum atomic E-state index is -0.545. The van der Waals surface area contributed by atoms with Crippen LogP contribution < -0.4 is 10.6 Å². The molecule has 0 saturated carbocycles. The summed E-state index contributed by atoms with van der Waals surface area (Å²) in [6.45, 7) is 17.9. The number of ether oxygens (including phenoxy) is 1. The lowest BCUT2D eigenvalue weighted by Crippen LogP contribution is -2.49. The Kier molecular flexibility index (Phi) is 11.3. The molecule has 0 aromatic heterocycles. The van der Waals surface area contributed by atoms with E-state index in [1.165, 1.54) is 0 Å². The normalized spacial score (nSPS) is 17.5. The lowest BCUT2D eigenvalue weighted by atomic mass is 9.97. The van der Waals surface area contributed by atoms with Crippen LogP contribution in [0.2, 0.25) is 0 Å². The van der Waals surface area contributed by atoms with Crippen LogP contribution in [0.4, 0.5) is 4.79 Å². The van der Waals surface area contributed by atoms with E-state index in [0.29, 0.717) is 38.0 Å². The molecule has 1 atom stereocenters. The Morgan fingerprint density at radius 1 is 1.03 bits per heavy atom. The fraction of sp³-hybridized carbons (Fsp3) is 0.870. The monoisotopic (exact) mass is 440 g/mol. The van der Waals surface area contributed by atoms with Crippen LogP contribution in [0.3, 0.4) is 0 Å². The summed E-state index contributed by atoms with van der Waals surface area (Å²) in [7, 11) is 0. The van der Waals surface area contributed by atoms with Gasteiger partial charge < -0.3 is 20.3 Å². The van der Waals surface area contributed by atoms with Gasteiger partial charge >= 0.3 is 6.09 Å². The number of nitrogens with one attached hydrogen (secondary N) is 2. The van der Waals surface area contributed by atoms with Crippen LogP contribution in [0.15, 0.2) is 0 Å². The average Bonchev–Trinajstić information content (AvgIpc) is 2.62. The number of carbonyl (C=O) groups is 3. The second kappa shape index (κ2) is 12.9. The molecule has 0 spiro atoms. The van der Waals surface area contributed by atoms with Crippen molar-refractivity contribution < 1.29 is 19.1 Å². The van der Waals surface area contributed by atoms with E-state index in [2.05, 4.69) is 43.2 Å². The molecule has 1 unspecified atom stereocenters. The van der Waals surface area contributed by atoms with Crippen molar-refractivity contribution in [2.75, 3.05) is 45.8 Å². The van der Waals surface area contributed by atoms with Crippen molar-refractivity contribution in [1.29, 1.82) is 0 Å². The minimum Gasteiger partial charge on any atom is -0.444 e. The molecule has 0 radical (unpaired) electrons. The summed E-state index contributed by atoms with van der Waals surface area (Å²) in [5, 5.41) is 5.53. The smallest absolute Gasteiger partial charge is 0.407 e. The molecule has 1 fully saturated rings. The maximum atomic E-state index is 12.9. The summed E-state index contributed by atoms with van der Waals surface area (Å²) in [5.41, 5.74) is -0.545. The van der Waals surface area contributed by atoms with Crippen LogP contribution in [-0.4, -0.2) is 79.1 Å². The highest BCUT2D eigenvalue weighted by molar-refractivity contribution is 5.80. The molecule has 180 valence electrons. The third-order valence-electron chi connectivity index (χ3n) is 4.85. The van der Waals surface area contributed by atoms with Crippen molar-refractivity contribution in [1.82, 2.24) is 20.4 Å². The number of nitrogens with zero attached hydrogens (tertiary/aromatic N) is 2. The van der Waals surface area contributed by atoms with Gasteiger partial charge in [-0.2, -0.15) is 0 Å². The first kappa shape index (κ1) is 27.2. The highest BCUT2D eigenvalue weighted by Crippen LogP contribution is 2.17. The Morgan fingerprint density at radius 3 is 2.16 bits per heavy atom. The molecule has 8 nitrogen and oxygen atoms in total. The van der Waals surface area contributed by atoms with Gasteiger partial charge in [-0.05, 0) is 52.0 Å². The van der Waals surface area contributed by atoms with Crippen LogP contribution in [0.1, 0.15) is 61.3 Å². The van der Waals surface area contributed by atoms with Gasteiger partial charge in [0.05, 0.1) is 12.5 Å². The van der Waals surface area contributed by atoms with Gasteiger partial charge in [-0.1, -0.05) is 27.7 Å². The summed E-state index contributed by atoms with van der Waals surface area (Å²) in [4.78, 5) is 41.1. The second-order valence-corrected chi connectivity index (χ2v) is 10.4. The van der Waals surface area contributed by atoms with Crippen molar-refractivity contribution in [2.24, 2.45) is 17.8 Å². The van der Waals surface area contributed by atoms with Crippen LogP contribution in [-0.2, 0) is 14.3 Å². The molecule has 1 aliphatic heterocycles. The number of hydrogen-bond donors (Lipinski definition) is 2. The first-order chi connectivity index (χ1) is 14.4. The van der Waals surface area contributed by atoms with Gasteiger partial charge in [0.1, 0.15) is 5.60 Å². The number of hydrogen-bond acceptors (Lipinski definition) is 5. The fourth-order valence-electron chi connectivity index (χ4n) is 3.67. The van der Waals surface area contributed by atoms with Crippen molar-refractivity contribution in [3.63, 3.8) is 0 Å². The van der Waals surface area contributed by atoms with Crippen molar-refractivity contribution in [3.05, 3.63) is 0 Å². The van der Waals surface area contributed by atoms with Crippen molar-refractivity contribution in [2.45, 2.75) is 66.9 Å². The number of amides is 3. The molecule has 1 aliphatic rings. The van der Waals surface area contributed by atoms with Gasteiger partial charge in [-0.15, -0.1) is 0 Å². The van der Waals surface area contributed by atoms with Crippen molar-refractivity contribution >= 4 is 17.9 Å². The minimum absolute atomic E-state index is 0.0237. The Balaban J connectivity index is 2.43. The highest BCUT2D eigenvalue weighted by atomic mass is 16.6. The van der Waals surface area contributed by atoms with E-state index in [1.54, 1.807) is 20.8 Å². The highest BCUT2D eigenvalue weighted by Gasteiger charge is 2.28. The molecular weight excluding hydrogens is 396 g/mol.